The lowest BCUT2D eigenvalue weighted by atomic mass is 10.1. The second kappa shape index (κ2) is 4.89. The molecule has 100 valence electrons. The molecule has 0 aliphatic carbocycles. The highest BCUT2D eigenvalue weighted by molar-refractivity contribution is 6.21. The quantitative estimate of drug-likeness (QED) is 0.803. The SMILES string of the molecule is O=C1c2ccccc2C(=O)N1CCc1cccc(F)c1. The Hall–Kier alpha value is -2.49. The molecule has 0 spiro atoms. The molecule has 0 fully saturated rings. The summed E-state index contributed by atoms with van der Waals surface area (Å²) in [6.07, 6.45) is 0.448. The van der Waals surface area contributed by atoms with Crippen LogP contribution in [0, 0.1) is 5.82 Å². The second-order valence-electron chi connectivity index (χ2n) is 4.69. The van der Waals surface area contributed by atoms with Crippen molar-refractivity contribution in [1.82, 2.24) is 4.90 Å². The lowest BCUT2D eigenvalue weighted by Crippen LogP contribution is -2.31. The second-order valence-corrected chi connectivity index (χ2v) is 4.69. The van der Waals surface area contributed by atoms with Gasteiger partial charge in [-0.25, -0.2) is 4.39 Å². The molecule has 0 radical (unpaired) electrons. The summed E-state index contributed by atoms with van der Waals surface area (Å²) in [4.78, 5) is 25.5. The summed E-state index contributed by atoms with van der Waals surface area (Å²) < 4.78 is 13.1. The molecule has 20 heavy (non-hydrogen) atoms. The van der Waals surface area contributed by atoms with E-state index in [-0.39, 0.29) is 24.2 Å². The Kier molecular flexibility index (Phi) is 3.06. The smallest absolute Gasteiger partial charge is 0.261 e. The van der Waals surface area contributed by atoms with Crippen molar-refractivity contribution in [3.05, 3.63) is 71.0 Å². The first kappa shape index (κ1) is 12.5. The average Bonchev–Trinajstić information content (AvgIpc) is 2.70. The molecule has 2 aromatic rings. The third-order valence-corrected chi connectivity index (χ3v) is 3.39. The minimum atomic E-state index is -0.315. The van der Waals surface area contributed by atoms with Gasteiger partial charge in [0.2, 0.25) is 0 Å². The first-order valence-corrected chi connectivity index (χ1v) is 6.36. The van der Waals surface area contributed by atoms with Crippen LogP contribution in [0.5, 0.6) is 0 Å². The normalized spacial score (nSPS) is 13.8. The minimum Gasteiger partial charge on any atom is -0.274 e. The fraction of sp³-hybridized carbons (Fsp3) is 0.125. The first-order valence-electron chi connectivity index (χ1n) is 6.36. The van der Waals surface area contributed by atoms with Gasteiger partial charge in [-0.2, -0.15) is 0 Å². The van der Waals surface area contributed by atoms with Gasteiger partial charge in [0.15, 0.2) is 0 Å². The van der Waals surface area contributed by atoms with E-state index in [1.54, 1.807) is 36.4 Å². The molecule has 0 saturated heterocycles. The van der Waals surface area contributed by atoms with Crippen LogP contribution in [0.25, 0.3) is 0 Å². The van der Waals surface area contributed by atoms with Gasteiger partial charge in [-0.05, 0) is 36.2 Å². The maximum Gasteiger partial charge on any atom is 0.261 e. The fourth-order valence-electron chi connectivity index (χ4n) is 2.38. The number of hydrogen-bond acceptors (Lipinski definition) is 2. The number of nitrogens with zero attached hydrogens (tertiary/aromatic N) is 1. The lowest BCUT2D eigenvalue weighted by molar-refractivity contribution is 0.0656. The predicted octanol–water partition coefficient (Wildman–Crippen LogP) is 2.66. The van der Waals surface area contributed by atoms with Crippen LogP contribution < -0.4 is 0 Å². The molecule has 2 amide bonds. The molecule has 1 heterocycles. The van der Waals surface area contributed by atoms with Crippen molar-refractivity contribution in [2.75, 3.05) is 6.54 Å². The monoisotopic (exact) mass is 269 g/mol. The number of halogens is 1. The first-order chi connectivity index (χ1) is 9.66. The Balaban J connectivity index is 1.77. The average molecular weight is 269 g/mol. The number of benzene rings is 2. The number of hydrogen-bond donors (Lipinski definition) is 0. The van der Waals surface area contributed by atoms with Gasteiger partial charge in [-0.3, -0.25) is 14.5 Å². The Morgan fingerprint density at radius 3 is 2.15 bits per heavy atom. The van der Waals surface area contributed by atoms with Crippen molar-refractivity contribution in [3.63, 3.8) is 0 Å². The van der Waals surface area contributed by atoms with E-state index in [4.69, 9.17) is 0 Å². The summed E-state index contributed by atoms with van der Waals surface area (Å²) in [7, 11) is 0. The zero-order valence-electron chi connectivity index (χ0n) is 10.7. The summed E-state index contributed by atoms with van der Waals surface area (Å²) in [5, 5.41) is 0. The van der Waals surface area contributed by atoms with Crippen LogP contribution in [0.15, 0.2) is 48.5 Å². The van der Waals surface area contributed by atoms with Gasteiger partial charge in [-0.15, -0.1) is 0 Å². The predicted molar refractivity (Wildman–Crippen MR) is 71.9 cm³/mol. The van der Waals surface area contributed by atoms with E-state index in [0.717, 1.165) is 5.56 Å². The fourth-order valence-corrected chi connectivity index (χ4v) is 2.38. The van der Waals surface area contributed by atoms with Crippen LogP contribution in [0.3, 0.4) is 0 Å². The molecule has 3 rings (SSSR count). The van der Waals surface area contributed by atoms with Crippen molar-refractivity contribution in [1.29, 1.82) is 0 Å². The van der Waals surface area contributed by atoms with Crippen molar-refractivity contribution in [2.24, 2.45) is 0 Å². The molecule has 0 bridgehead atoms. The largest absolute Gasteiger partial charge is 0.274 e. The minimum absolute atomic E-state index is 0.260. The van der Waals surface area contributed by atoms with E-state index in [2.05, 4.69) is 0 Å². The van der Waals surface area contributed by atoms with Crippen LogP contribution in [0.4, 0.5) is 4.39 Å². The molecule has 1 aliphatic heterocycles. The third kappa shape index (κ3) is 2.09. The Bertz CT molecular complexity index is 661. The highest BCUT2D eigenvalue weighted by atomic mass is 19.1. The molecule has 0 unspecified atom stereocenters. The molecule has 1 aliphatic rings. The lowest BCUT2D eigenvalue weighted by Gasteiger charge is -2.13. The van der Waals surface area contributed by atoms with Gasteiger partial charge in [0.05, 0.1) is 11.1 Å². The van der Waals surface area contributed by atoms with E-state index >= 15 is 0 Å². The molecular formula is C16H12FNO2. The highest BCUT2D eigenvalue weighted by Crippen LogP contribution is 2.22. The Morgan fingerprint density at radius 1 is 0.900 bits per heavy atom. The van der Waals surface area contributed by atoms with Gasteiger partial charge >= 0.3 is 0 Å². The number of fused-ring (bicyclic) bond motifs is 1. The van der Waals surface area contributed by atoms with E-state index in [9.17, 15) is 14.0 Å². The van der Waals surface area contributed by atoms with Crippen LogP contribution in [-0.2, 0) is 6.42 Å². The third-order valence-electron chi connectivity index (χ3n) is 3.39. The molecule has 0 N–H and O–H groups in total. The van der Waals surface area contributed by atoms with Gasteiger partial charge < -0.3 is 0 Å². The molecule has 0 saturated carbocycles. The molecule has 0 aromatic heterocycles. The maximum atomic E-state index is 13.1. The van der Waals surface area contributed by atoms with E-state index in [1.165, 1.54) is 17.0 Å². The van der Waals surface area contributed by atoms with Gasteiger partial charge in [0.1, 0.15) is 5.82 Å². The van der Waals surface area contributed by atoms with Crippen LogP contribution in [0.2, 0.25) is 0 Å². The van der Waals surface area contributed by atoms with Crippen molar-refractivity contribution in [3.8, 4) is 0 Å². The summed E-state index contributed by atoms with van der Waals surface area (Å²) in [6, 6.07) is 13.0. The molecule has 0 atom stereocenters. The Labute approximate surface area is 115 Å². The van der Waals surface area contributed by atoms with E-state index < -0.39 is 0 Å². The Morgan fingerprint density at radius 2 is 1.55 bits per heavy atom. The maximum absolute atomic E-state index is 13.1. The molecule has 3 nitrogen and oxygen atoms in total. The zero-order valence-corrected chi connectivity index (χ0v) is 10.7. The summed E-state index contributed by atoms with van der Waals surface area (Å²) in [5.74, 6) is -0.867. The van der Waals surface area contributed by atoms with Gasteiger partial charge in [0.25, 0.3) is 11.8 Å². The summed E-state index contributed by atoms with van der Waals surface area (Å²) in [6.45, 7) is 0.260. The highest BCUT2D eigenvalue weighted by Gasteiger charge is 2.34. The van der Waals surface area contributed by atoms with E-state index in [1.807, 2.05) is 0 Å². The summed E-state index contributed by atoms with van der Waals surface area (Å²) in [5.41, 5.74) is 1.65. The number of rotatable bonds is 3. The van der Waals surface area contributed by atoms with Crippen molar-refractivity contribution >= 4 is 11.8 Å². The molecule has 2 aromatic carbocycles. The zero-order chi connectivity index (χ0) is 14.1. The standard InChI is InChI=1S/C16H12FNO2/c17-12-5-3-4-11(10-12)8-9-18-15(19)13-6-1-2-7-14(13)16(18)20/h1-7,10H,8-9H2. The van der Waals surface area contributed by atoms with Crippen molar-refractivity contribution in [2.45, 2.75) is 6.42 Å². The number of carbonyl (C=O) groups excluding carboxylic acids is 2. The van der Waals surface area contributed by atoms with Gasteiger partial charge in [0, 0.05) is 6.54 Å². The van der Waals surface area contributed by atoms with Gasteiger partial charge in [-0.1, -0.05) is 24.3 Å². The van der Waals surface area contributed by atoms with Crippen LogP contribution >= 0.6 is 0 Å². The van der Waals surface area contributed by atoms with Crippen LogP contribution in [-0.4, -0.2) is 23.3 Å². The summed E-state index contributed by atoms with van der Waals surface area (Å²) >= 11 is 0. The topological polar surface area (TPSA) is 37.4 Å². The van der Waals surface area contributed by atoms with E-state index in [0.29, 0.717) is 17.5 Å². The molecular weight excluding hydrogens is 257 g/mol. The molecule has 4 heteroatoms. The number of carbonyl (C=O) groups is 2. The number of amides is 2. The van der Waals surface area contributed by atoms with Crippen molar-refractivity contribution < 1.29 is 14.0 Å². The number of imide groups is 1. The van der Waals surface area contributed by atoms with Crippen LogP contribution in [0.1, 0.15) is 26.3 Å².